The van der Waals surface area contributed by atoms with E-state index in [1.54, 1.807) is 17.3 Å². The number of methoxy groups -OCH3 is 1. The first-order valence-electron chi connectivity index (χ1n) is 9.33. The topological polar surface area (TPSA) is 108 Å². The van der Waals surface area contributed by atoms with Gasteiger partial charge in [-0.2, -0.15) is 18.6 Å². The van der Waals surface area contributed by atoms with Crippen molar-refractivity contribution in [1.82, 2.24) is 9.97 Å². The van der Waals surface area contributed by atoms with E-state index in [0.717, 1.165) is 33.9 Å². The fourth-order valence-electron chi connectivity index (χ4n) is 2.83. The summed E-state index contributed by atoms with van der Waals surface area (Å²) >= 11 is 1.51. The van der Waals surface area contributed by atoms with Crippen LogP contribution in [0.4, 0.5) is 13.2 Å². The van der Waals surface area contributed by atoms with E-state index < -0.39 is 12.1 Å². The predicted molar refractivity (Wildman–Crippen MR) is 114 cm³/mol. The Kier molecular flexibility index (Phi) is 7.28. The van der Waals surface area contributed by atoms with Crippen molar-refractivity contribution in [3.8, 4) is 17.3 Å². The van der Waals surface area contributed by atoms with E-state index in [1.165, 1.54) is 11.3 Å². The molecule has 4 aromatic rings. The molecule has 4 rings (SSSR count). The number of hydrogen-bond donors (Lipinski definition) is 3. The minimum atomic E-state index is -5.08. The third-order valence-corrected chi connectivity index (χ3v) is 4.86. The van der Waals surface area contributed by atoms with Crippen LogP contribution in [0.3, 0.4) is 0 Å². The number of nitrogens with zero attached hydrogens (tertiary/aromatic N) is 2. The summed E-state index contributed by atoms with van der Waals surface area (Å²) in [6.45, 7) is 0. The molecule has 33 heavy (non-hydrogen) atoms. The zero-order chi connectivity index (χ0) is 24.0. The summed E-state index contributed by atoms with van der Waals surface area (Å²) < 4.78 is 38.7. The standard InChI is InChI=1S/C19H16N4O2S.C2HF3O2/c1-25-14-6-4-5-13(9-14)10-18(24)22-23-17-8-3-2-7-15(17)21-19(23)16-11-26-12-20-16;3-2(4,5)1(6)7/h2-9,11-12H,10H2,1H3,(H,22,24);(H,6,7)/p+1. The number of thiazole rings is 1. The summed E-state index contributed by atoms with van der Waals surface area (Å²) in [6.07, 6.45) is -4.83. The zero-order valence-corrected chi connectivity index (χ0v) is 17.9. The number of aliphatic carboxylic acids is 1. The highest BCUT2D eigenvalue weighted by molar-refractivity contribution is 7.07. The number of aromatic nitrogens is 3. The molecular weight excluding hydrogens is 461 g/mol. The van der Waals surface area contributed by atoms with E-state index in [4.69, 9.17) is 14.6 Å². The van der Waals surface area contributed by atoms with E-state index in [2.05, 4.69) is 15.4 Å². The van der Waals surface area contributed by atoms with E-state index in [1.807, 2.05) is 53.9 Å². The summed E-state index contributed by atoms with van der Waals surface area (Å²) in [6, 6.07) is 15.3. The number of ether oxygens (including phenoxy) is 1. The van der Waals surface area contributed by atoms with Gasteiger partial charge in [0.2, 0.25) is 5.52 Å². The van der Waals surface area contributed by atoms with Crippen molar-refractivity contribution in [2.75, 3.05) is 12.5 Å². The molecule has 0 spiro atoms. The number of amides is 1. The van der Waals surface area contributed by atoms with Crippen LogP contribution in [0.2, 0.25) is 0 Å². The van der Waals surface area contributed by atoms with Crippen molar-refractivity contribution in [2.24, 2.45) is 0 Å². The maximum Gasteiger partial charge on any atom is 0.490 e. The molecule has 0 aliphatic carbocycles. The lowest BCUT2D eigenvalue weighted by molar-refractivity contribution is -0.603. The molecule has 0 atom stereocenters. The number of carbonyl (C=O) groups excluding carboxylic acids is 1. The largest absolute Gasteiger partial charge is 0.497 e. The summed E-state index contributed by atoms with van der Waals surface area (Å²) in [5.41, 5.74) is 8.23. The molecule has 0 aliphatic rings. The van der Waals surface area contributed by atoms with Crippen molar-refractivity contribution < 1.29 is 37.3 Å². The van der Waals surface area contributed by atoms with Crippen LogP contribution in [-0.2, 0) is 16.0 Å². The SMILES string of the molecule is COc1cccc(CC(=O)N[n+]2c(-c3cscn3)[nH]c3ccccc32)c1.O=C(O)C(F)(F)F. The minimum absolute atomic E-state index is 0.121. The first kappa shape index (κ1) is 23.7. The van der Waals surface area contributed by atoms with Crippen molar-refractivity contribution in [3.05, 3.63) is 65.0 Å². The molecule has 172 valence electrons. The number of rotatable bonds is 5. The Morgan fingerprint density at radius 1 is 1.21 bits per heavy atom. The molecule has 0 saturated carbocycles. The highest BCUT2D eigenvalue weighted by Crippen LogP contribution is 2.18. The lowest BCUT2D eigenvalue weighted by atomic mass is 10.1. The second-order valence-corrected chi connectivity index (χ2v) is 7.28. The lowest BCUT2D eigenvalue weighted by Gasteiger charge is -2.05. The average Bonchev–Trinajstić information content (AvgIpc) is 3.42. The second kappa shape index (κ2) is 10.1. The van der Waals surface area contributed by atoms with Gasteiger partial charge >= 0.3 is 18.0 Å². The highest BCUT2D eigenvalue weighted by atomic mass is 32.1. The van der Waals surface area contributed by atoms with Gasteiger partial charge in [-0.1, -0.05) is 24.3 Å². The van der Waals surface area contributed by atoms with Gasteiger partial charge in [0.15, 0.2) is 11.2 Å². The molecule has 0 saturated heterocycles. The average molecular weight is 479 g/mol. The van der Waals surface area contributed by atoms with Crippen LogP contribution in [0.25, 0.3) is 22.6 Å². The summed E-state index contributed by atoms with van der Waals surface area (Å²) in [5.74, 6) is -1.40. The van der Waals surface area contributed by atoms with Gasteiger partial charge < -0.3 is 9.84 Å². The molecule has 0 radical (unpaired) electrons. The fourth-order valence-corrected chi connectivity index (χ4v) is 3.37. The Labute approximate surface area is 189 Å². The van der Waals surface area contributed by atoms with Gasteiger partial charge in [-0.25, -0.2) is 14.8 Å². The summed E-state index contributed by atoms with van der Waals surface area (Å²) in [7, 11) is 1.61. The molecular formula is C21H18F3N4O4S+. The van der Waals surface area contributed by atoms with Crippen LogP contribution in [0.15, 0.2) is 59.4 Å². The smallest absolute Gasteiger partial charge is 0.490 e. The predicted octanol–water partition coefficient (Wildman–Crippen LogP) is 3.53. The van der Waals surface area contributed by atoms with Gasteiger partial charge in [-0.05, 0) is 29.8 Å². The molecule has 0 aliphatic heterocycles. The number of fused-ring (bicyclic) bond motifs is 1. The Bertz CT molecular complexity index is 1260. The lowest BCUT2D eigenvalue weighted by Crippen LogP contribution is -2.49. The Morgan fingerprint density at radius 2 is 1.94 bits per heavy atom. The van der Waals surface area contributed by atoms with Gasteiger partial charge in [-0.3, -0.25) is 4.79 Å². The van der Waals surface area contributed by atoms with Crippen LogP contribution in [0, 0.1) is 0 Å². The van der Waals surface area contributed by atoms with Gasteiger partial charge in [0.05, 0.1) is 19.0 Å². The van der Waals surface area contributed by atoms with Crippen LogP contribution in [-0.4, -0.2) is 40.2 Å². The molecule has 3 N–H and O–H groups in total. The quantitative estimate of drug-likeness (QED) is 0.380. The van der Waals surface area contributed by atoms with E-state index in [-0.39, 0.29) is 12.3 Å². The zero-order valence-electron chi connectivity index (χ0n) is 17.1. The summed E-state index contributed by atoms with van der Waals surface area (Å²) in [4.78, 5) is 29.2. The monoisotopic (exact) mass is 479 g/mol. The number of carbonyl (C=O) groups is 2. The first-order valence-corrected chi connectivity index (χ1v) is 10.3. The molecule has 0 bridgehead atoms. The molecule has 2 aromatic carbocycles. The number of benzene rings is 2. The number of carboxylic acid groups (broad SMARTS) is 1. The van der Waals surface area contributed by atoms with Crippen molar-refractivity contribution in [3.63, 3.8) is 0 Å². The van der Waals surface area contributed by atoms with Gasteiger partial charge in [0, 0.05) is 5.38 Å². The van der Waals surface area contributed by atoms with E-state index in [9.17, 15) is 18.0 Å². The van der Waals surface area contributed by atoms with Crippen LogP contribution in [0.1, 0.15) is 5.56 Å². The number of imidazole rings is 1. The number of para-hydroxylation sites is 2. The third-order valence-electron chi connectivity index (χ3n) is 4.27. The Balaban J connectivity index is 0.000000383. The Hall–Kier alpha value is -3.93. The number of carboxylic acids is 1. The molecule has 1 amide bonds. The molecule has 0 unspecified atom stereocenters. The van der Waals surface area contributed by atoms with Crippen LogP contribution in [0.5, 0.6) is 5.75 Å². The van der Waals surface area contributed by atoms with Crippen molar-refractivity contribution >= 4 is 34.2 Å². The van der Waals surface area contributed by atoms with Gasteiger partial charge in [0.25, 0.3) is 5.91 Å². The third kappa shape index (κ3) is 6.07. The van der Waals surface area contributed by atoms with E-state index in [0.29, 0.717) is 0 Å². The van der Waals surface area contributed by atoms with Crippen LogP contribution < -0.4 is 14.8 Å². The summed E-state index contributed by atoms with van der Waals surface area (Å²) in [5, 5.41) is 9.06. The maximum absolute atomic E-state index is 12.6. The number of H-pyrrole nitrogens is 1. The van der Waals surface area contributed by atoms with Crippen LogP contribution >= 0.6 is 11.3 Å². The number of nitrogens with one attached hydrogen (secondary N) is 2. The first-order chi connectivity index (χ1) is 15.7. The second-order valence-electron chi connectivity index (χ2n) is 6.57. The number of hydrogen-bond acceptors (Lipinski definition) is 5. The minimum Gasteiger partial charge on any atom is -0.497 e. The van der Waals surface area contributed by atoms with E-state index >= 15 is 0 Å². The number of aromatic amines is 1. The normalized spacial score (nSPS) is 10.9. The van der Waals surface area contributed by atoms with Gasteiger partial charge in [-0.15, -0.1) is 16.0 Å². The molecule has 2 heterocycles. The number of alkyl halides is 3. The molecule has 8 nitrogen and oxygen atoms in total. The molecule has 0 fully saturated rings. The number of halogens is 3. The van der Waals surface area contributed by atoms with Crippen molar-refractivity contribution in [2.45, 2.75) is 12.6 Å². The fraction of sp³-hybridized carbons (Fsp3) is 0.143. The maximum atomic E-state index is 12.6. The van der Waals surface area contributed by atoms with Gasteiger partial charge in [0.1, 0.15) is 5.75 Å². The van der Waals surface area contributed by atoms with Crippen molar-refractivity contribution in [1.29, 1.82) is 0 Å². The molecule has 12 heteroatoms. The Morgan fingerprint density at radius 3 is 2.58 bits per heavy atom. The molecule has 2 aromatic heterocycles. The highest BCUT2D eigenvalue weighted by Gasteiger charge is 2.38.